The van der Waals surface area contributed by atoms with Crippen molar-refractivity contribution in [2.45, 2.75) is 53.5 Å². The summed E-state index contributed by atoms with van der Waals surface area (Å²) >= 11 is 19.2. The van der Waals surface area contributed by atoms with Gasteiger partial charge in [-0.15, -0.1) is 0 Å². The number of rotatable bonds is 24. The molecule has 17 heteroatoms. The zero-order valence-corrected chi connectivity index (χ0v) is 31.1. The zero-order chi connectivity index (χ0) is 29.5. The molecule has 0 fully saturated rings. The molecule has 0 aliphatic rings. The molecule has 0 aliphatic carbocycles. The Morgan fingerprint density at radius 2 is 0.868 bits per heavy atom. The van der Waals surface area contributed by atoms with Crippen molar-refractivity contribution in [1.82, 2.24) is 4.90 Å². The maximum atomic E-state index is 6.04. The van der Waals surface area contributed by atoms with E-state index in [2.05, 4.69) is 4.90 Å². The lowest BCUT2D eigenvalue weighted by Gasteiger charge is -2.39. The molecule has 230 valence electrons. The van der Waals surface area contributed by atoms with Crippen LogP contribution in [0.5, 0.6) is 0 Å². The second-order valence-corrected chi connectivity index (χ2v) is 23.0. The van der Waals surface area contributed by atoms with E-state index < -0.39 is 33.8 Å². The average molecular weight is 674 g/mol. The highest BCUT2D eigenvalue weighted by Gasteiger charge is 2.57. The van der Waals surface area contributed by atoms with Gasteiger partial charge in [-0.25, -0.2) is 0 Å². The first-order chi connectivity index (χ1) is 17.8. The third-order valence-corrected chi connectivity index (χ3v) is 19.2. The number of hydrogen-bond acceptors (Lipinski definition) is 14. The Hall–Kier alpha value is 1.65. The smallest absolute Gasteiger partial charge is 0.376 e. The van der Waals surface area contributed by atoms with Gasteiger partial charge >= 0.3 is 26.4 Å². The van der Waals surface area contributed by atoms with Crippen LogP contribution in [0.1, 0.15) is 40.0 Å². The summed E-state index contributed by atoms with van der Waals surface area (Å²) in [4.78, 5) is 2.28. The van der Waals surface area contributed by atoms with Crippen molar-refractivity contribution in [3.63, 3.8) is 0 Å². The molecule has 0 unspecified atom stereocenters. The lowest BCUT2D eigenvalue weighted by molar-refractivity contribution is 0.0698. The van der Waals surface area contributed by atoms with E-state index in [1.807, 2.05) is 20.8 Å². The summed E-state index contributed by atoms with van der Waals surface area (Å²) in [6.45, 7) is 9.48. The van der Waals surface area contributed by atoms with Crippen LogP contribution in [-0.2, 0) is 39.8 Å². The second-order valence-electron chi connectivity index (χ2n) is 8.40. The van der Waals surface area contributed by atoms with Gasteiger partial charge < -0.3 is 44.7 Å². The average Bonchev–Trinajstić information content (AvgIpc) is 2.88. The summed E-state index contributed by atoms with van der Waals surface area (Å²) in [5.74, 6) is 0. The minimum atomic E-state index is -3.15. The topological polar surface area (TPSA) is 86.3 Å². The molecule has 0 bridgehead atoms. The van der Waals surface area contributed by atoms with Crippen molar-refractivity contribution in [1.29, 1.82) is 0 Å². The number of hydrogen-bond donors (Lipinski definition) is 4. The van der Waals surface area contributed by atoms with Crippen molar-refractivity contribution >= 4 is 76.9 Å². The van der Waals surface area contributed by atoms with Gasteiger partial charge in [0.15, 0.2) is 0 Å². The fourth-order valence-corrected chi connectivity index (χ4v) is 14.3. The molecule has 38 heavy (non-hydrogen) atoms. The van der Waals surface area contributed by atoms with Gasteiger partial charge in [-0.2, -0.15) is 50.5 Å². The molecular formula is C21H51NO9S4Si3. The van der Waals surface area contributed by atoms with Crippen molar-refractivity contribution in [2.75, 3.05) is 82.1 Å². The molecule has 0 heterocycles. The Kier molecular flexibility index (Phi) is 19.9. The SMILES string of the molecule is CCO[Si](CCCN(CCC(S)(S)[Si](OC)(OC)OC)CCC(S)(S)[Si](OC)(OC)OC)(OCC)OCC. The molecule has 0 saturated carbocycles. The zero-order valence-electron chi connectivity index (χ0n) is 24.5. The molecule has 0 rings (SSSR count). The monoisotopic (exact) mass is 673 g/mol. The van der Waals surface area contributed by atoms with Gasteiger partial charge in [0.1, 0.15) is 7.40 Å². The first-order valence-electron chi connectivity index (χ1n) is 12.7. The highest BCUT2D eigenvalue weighted by Crippen LogP contribution is 2.38. The summed E-state index contributed by atoms with van der Waals surface area (Å²) < 4.78 is 50.2. The molecule has 0 aromatic carbocycles. The lowest BCUT2D eigenvalue weighted by atomic mass is 10.3. The van der Waals surface area contributed by atoms with Crippen LogP contribution < -0.4 is 0 Å². The molecule has 10 nitrogen and oxygen atoms in total. The Labute approximate surface area is 256 Å². The Morgan fingerprint density at radius 3 is 1.13 bits per heavy atom. The van der Waals surface area contributed by atoms with Crippen molar-refractivity contribution in [3.8, 4) is 0 Å². The molecular weight excluding hydrogens is 623 g/mol. The second kappa shape index (κ2) is 19.0. The number of thiol groups is 4. The minimum absolute atomic E-state index is 0.527. The molecule has 0 amide bonds. The van der Waals surface area contributed by atoms with Crippen molar-refractivity contribution < 1.29 is 39.8 Å². The van der Waals surface area contributed by atoms with Crippen LogP contribution in [0.15, 0.2) is 0 Å². The van der Waals surface area contributed by atoms with Crippen molar-refractivity contribution in [2.24, 2.45) is 0 Å². The Balaban J connectivity index is 5.78. The molecule has 0 N–H and O–H groups in total. The van der Waals surface area contributed by atoms with E-state index in [0.717, 1.165) is 13.0 Å². The predicted octanol–water partition coefficient (Wildman–Crippen LogP) is 3.45. The maximum Gasteiger partial charge on any atom is 0.527 e. The van der Waals surface area contributed by atoms with Gasteiger partial charge in [0.2, 0.25) is 0 Å². The van der Waals surface area contributed by atoms with Crippen LogP contribution in [0.25, 0.3) is 0 Å². The highest BCUT2D eigenvalue weighted by atomic mass is 32.2. The van der Waals surface area contributed by atoms with Gasteiger partial charge in [0, 0.05) is 81.6 Å². The Morgan fingerprint density at radius 1 is 0.553 bits per heavy atom. The molecule has 0 aliphatic heterocycles. The van der Waals surface area contributed by atoms with E-state index in [0.29, 0.717) is 51.8 Å². The molecule has 0 radical (unpaired) electrons. The van der Waals surface area contributed by atoms with Crippen LogP contribution >= 0.6 is 50.5 Å². The summed E-state index contributed by atoms with van der Waals surface area (Å²) in [5.41, 5.74) is 0. The number of nitrogens with zero attached hydrogens (tertiary/aromatic N) is 1. The van der Waals surface area contributed by atoms with Gasteiger partial charge in [-0.3, -0.25) is 0 Å². The van der Waals surface area contributed by atoms with E-state index in [1.165, 1.54) is 0 Å². The third kappa shape index (κ3) is 10.7. The van der Waals surface area contributed by atoms with E-state index in [4.69, 9.17) is 90.3 Å². The first kappa shape index (κ1) is 39.7. The largest absolute Gasteiger partial charge is 0.527 e. The molecule has 0 aromatic rings. The van der Waals surface area contributed by atoms with E-state index in [-0.39, 0.29) is 0 Å². The van der Waals surface area contributed by atoms with E-state index in [9.17, 15) is 0 Å². The van der Waals surface area contributed by atoms with Gasteiger partial charge in [0.25, 0.3) is 0 Å². The predicted molar refractivity (Wildman–Crippen MR) is 171 cm³/mol. The van der Waals surface area contributed by atoms with Crippen LogP contribution in [0, 0.1) is 0 Å². The van der Waals surface area contributed by atoms with Crippen LogP contribution in [-0.4, -0.2) is 121 Å². The minimum Gasteiger partial charge on any atom is -0.376 e. The van der Waals surface area contributed by atoms with Crippen LogP contribution in [0.3, 0.4) is 0 Å². The summed E-state index contributed by atoms with van der Waals surface area (Å²) in [7, 11) is 0.260. The third-order valence-electron chi connectivity index (χ3n) is 6.20. The first-order valence-corrected chi connectivity index (χ1v) is 19.8. The highest BCUT2D eigenvalue weighted by molar-refractivity contribution is 8.03. The Bertz CT molecular complexity index is 567. The molecule has 0 aromatic heterocycles. The maximum absolute atomic E-state index is 6.04. The van der Waals surface area contributed by atoms with Crippen LogP contribution in [0.2, 0.25) is 6.04 Å². The summed E-state index contributed by atoms with van der Waals surface area (Å²) in [6.07, 6.45) is 1.85. The molecule has 0 atom stereocenters. The normalized spacial score (nSPS) is 14.1. The van der Waals surface area contributed by atoms with Crippen LogP contribution in [0.4, 0.5) is 0 Å². The van der Waals surface area contributed by atoms with Crippen molar-refractivity contribution in [3.05, 3.63) is 0 Å². The van der Waals surface area contributed by atoms with E-state index >= 15 is 0 Å². The summed E-state index contributed by atoms with van der Waals surface area (Å²) in [6, 6.07) is 0.693. The quantitative estimate of drug-likeness (QED) is 0.0695. The molecule has 0 spiro atoms. The van der Waals surface area contributed by atoms with Gasteiger partial charge in [-0.05, 0) is 46.6 Å². The lowest BCUT2D eigenvalue weighted by Crippen LogP contribution is -2.59. The fraction of sp³-hybridized carbons (Fsp3) is 1.00. The van der Waals surface area contributed by atoms with E-state index in [1.54, 1.807) is 42.7 Å². The fourth-order valence-electron chi connectivity index (χ4n) is 4.27. The van der Waals surface area contributed by atoms with Gasteiger partial charge in [-0.1, -0.05) is 0 Å². The summed E-state index contributed by atoms with van der Waals surface area (Å²) in [5, 5.41) is 0. The standard InChI is InChI=1S/C21H51NO9S4Si3/c1-10-29-36(30-11-2,31-12-3)19-13-16-22(17-14-20(32,33)37(23-4,24-5)25-6)18-15-21(34,35)38(26-7,27-8)28-9/h32-35H,10-19H2,1-9H3. The van der Waals surface area contributed by atoms with Gasteiger partial charge in [0.05, 0.1) is 0 Å². The molecule has 0 saturated heterocycles.